The maximum atomic E-state index is 12.7. The number of carbonyl (C=O) groups excluding carboxylic acids is 2. The first-order valence-electron chi connectivity index (χ1n) is 8.50. The van der Waals surface area contributed by atoms with Crippen molar-refractivity contribution >= 4 is 17.9 Å². The molecule has 0 saturated carbocycles. The Bertz CT molecular complexity index is 639. The normalized spacial score (nSPS) is 19.5. The Kier molecular flexibility index (Phi) is 7.63. The summed E-state index contributed by atoms with van der Waals surface area (Å²) in [5.41, 5.74) is -0.543. The molecular formula is C16H24F3N5O4. The monoisotopic (exact) mass is 407 g/mol. The summed E-state index contributed by atoms with van der Waals surface area (Å²) in [7, 11) is 5.43. The Morgan fingerprint density at radius 3 is 2.11 bits per heavy atom. The van der Waals surface area contributed by atoms with Gasteiger partial charge in [-0.15, -0.1) is 0 Å². The molecule has 2 rings (SSSR count). The lowest BCUT2D eigenvalue weighted by Crippen LogP contribution is -2.68. The Balaban J connectivity index is 0.000000480. The number of urea groups is 1. The molecule has 0 aromatic heterocycles. The summed E-state index contributed by atoms with van der Waals surface area (Å²) in [6.45, 7) is 2.68. The van der Waals surface area contributed by atoms with Gasteiger partial charge in [-0.2, -0.15) is 18.4 Å². The molecule has 158 valence electrons. The third kappa shape index (κ3) is 5.25. The number of aliphatic carboxylic acids is 1. The number of carbonyl (C=O) groups is 3. The smallest absolute Gasteiger partial charge is 0.475 e. The minimum absolute atomic E-state index is 0.00959. The number of carboxylic acid groups (broad SMARTS) is 1. The third-order valence-corrected chi connectivity index (χ3v) is 4.87. The molecule has 1 spiro atoms. The number of carboxylic acids is 1. The van der Waals surface area contributed by atoms with Gasteiger partial charge in [0.25, 0.3) is 0 Å². The van der Waals surface area contributed by atoms with Crippen LogP contribution in [0.4, 0.5) is 18.0 Å². The van der Waals surface area contributed by atoms with Crippen molar-refractivity contribution in [2.24, 2.45) is 0 Å². The van der Waals surface area contributed by atoms with Crippen molar-refractivity contribution in [3.8, 4) is 6.07 Å². The summed E-state index contributed by atoms with van der Waals surface area (Å²) in [6, 6.07) is 2.05. The first-order chi connectivity index (χ1) is 12.9. The topological polar surface area (TPSA) is 108 Å². The minimum atomic E-state index is -5.08. The lowest BCUT2D eigenvalue weighted by Gasteiger charge is -2.51. The Labute approximate surface area is 160 Å². The molecular weight excluding hydrogens is 383 g/mol. The van der Waals surface area contributed by atoms with Crippen LogP contribution in [0.3, 0.4) is 0 Å². The van der Waals surface area contributed by atoms with Crippen molar-refractivity contribution < 1.29 is 32.7 Å². The number of hydrogen-bond acceptors (Lipinski definition) is 5. The molecule has 0 aromatic carbocycles. The number of likely N-dealkylation sites (N-methyl/N-ethyl adjacent to an activating group) is 1. The van der Waals surface area contributed by atoms with Crippen molar-refractivity contribution in [2.75, 3.05) is 53.9 Å². The number of nitrogens with zero attached hydrogens (tertiary/aromatic N) is 5. The fourth-order valence-corrected chi connectivity index (χ4v) is 3.23. The van der Waals surface area contributed by atoms with Crippen molar-refractivity contribution in [1.29, 1.82) is 5.26 Å². The van der Waals surface area contributed by atoms with E-state index < -0.39 is 17.7 Å². The lowest BCUT2D eigenvalue weighted by molar-refractivity contribution is -0.192. The fourth-order valence-electron chi connectivity index (χ4n) is 3.23. The lowest BCUT2D eigenvalue weighted by atomic mass is 9.83. The highest BCUT2D eigenvalue weighted by Gasteiger charge is 2.49. The van der Waals surface area contributed by atoms with Crippen LogP contribution in [-0.2, 0) is 9.59 Å². The number of alkyl halides is 3. The predicted molar refractivity (Wildman–Crippen MR) is 91.1 cm³/mol. The van der Waals surface area contributed by atoms with Gasteiger partial charge in [0.1, 0.15) is 12.1 Å². The molecule has 12 heteroatoms. The van der Waals surface area contributed by atoms with Gasteiger partial charge in [0.15, 0.2) is 0 Å². The number of piperazine rings is 1. The molecule has 28 heavy (non-hydrogen) atoms. The standard InChI is InChI=1S/C14H23N5O2.C2HF3O2/c1-16(2)13(21)19-7-4-14(5-8-19)12(20)18(9-6-15)11-10-17(14)3;3-2(4,5)1(6)7/h4-5,7-11H2,1-3H3;(H,6,7). The molecule has 0 aromatic rings. The zero-order chi connectivity index (χ0) is 21.7. The molecule has 3 amide bonds. The number of amides is 3. The van der Waals surface area contributed by atoms with Crippen LogP contribution in [0, 0.1) is 11.3 Å². The van der Waals surface area contributed by atoms with Crippen LogP contribution in [0.5, 0.6) is 0 Å². The molecule has 2 heterocycles. The highest BCUT2D eigenvalue weighted by Crippen LogP contribution is 2.32. The highest BCUT2D eigenvalue weighted by molar-refractivity contribution is 5.88. The first kappa shape index (κ1) is 23.5. The summed E-state index contributed by atoms with van der Waals surface area (Å²) in [4.78, 5) is 40.7. The molecule has 9 nitrogen and oxygen atoms in total. The van der Waals surface area contributed by atoms with E-state index in [2.05, 4.69) is 11.0 Å². The molecule has 2 saturated heterocycles. The Morgan fingerprint density at radius 1 is 1.21 bits per heavy atom. The van der Waals surface area contributed by atoms with E-state index >= 15 is 0 Å². The predicted octanol–water partition coefficient (Wildman–Crippen LogP) is 0.433. The summed E-state index contributed by atoms with van der Waals surface area (Å²) >= 11 is 0. The van der Waals surface area contributed by atoms with E-state index in [1.54, 1.807) is 28.8 Å². The SMILES string of the molecule is CN(C)C(=O)N1CCC2(CC1)C(=O)N(CC#N)CCN2C.O=C(O)C(F)(F)F. The molecule has 2 aliphatic heterocycles. The molecule has 0 radical (unpaired) electrons. The van der Waals surface area contributed by atoms with E-state index in [0.29, 0.717) is 32.5 Å². The van der Waals surface area contributed by atoms with Crippen molar-refractivity contribution in [3.63, 3.8) is 0 Å². The summed E-state index contributed by atoms with van der Waals surface area (Å²) in [6.07, 6.45) is -3.83. The van der Waals surface area contributed by atoms with Gasteiger partial charge in [-0.1, -0.05) is 0 Å². The largest absolute Gasteiger partial charge is 0.490 e. The van der Waals surface area contributed by atoms with E-state index in [4.69, 9.17) is 15.2 Å². The van der Waals surface area contributed by atoms with Crippen LogP contribution in [-0.4, -0.2) is 108 Å². The number of likely N-dealkylation sites (tertiary alicyclic amines) is 1. The van der Waals surface area contributed by atoms with E-state index in [1.165, 1.54) is 0 Å². The molecule has 0 unspecified atom stereocenters. The van der Waals surface area contributed by atoms with Crippen molar-refractivity contribution in [2.45, 2.75) is 24.6 Å². The average molecular weight is 407 g/mol. The van der Waals surface area contributed by atoms with Crippen molar-refractivity contribution in [1.82, 2.24) is 19.6 Å². The van der Waals surface area contributed by atoms with E-state index in [9.17, 15) is 22.8 Å². The molecule has 2 aliphatic rings. The van der Waals surface area contributed by atoms with Gasteiger partial charge in [-0.05, 0) is 19.9 Å². The minimum Gasteiger partial charge on any atom is -0.475 e. The van der Waals surface area contributed by atoms with Gasteiger partial charge >= 0.3 is 18.2 Å². The van der Waals surface area contributed by atoms with Crippen LogP contribution in [0.2, 0.25) is 0 Å². The Morgan fingerprint density at radius 2 is 1.71 bits per heavy atom. The fraction of sp³-hybridized carbons (Fsp3) is 0.750. The summed E-state index contributed by atoms with van der Waals surface area (Å²) in [5.74, 6) is -2.72. The van der Waals surface area contributed by atoms with Gasteiger partial charge in [0, 0.05) is 40.3 Å². The number of halogens is 3. The molecule has 1 N–H and O–H groups in total. The van der Waals surface area contributed by atoms with Crippen molar-refractivity contribution in [3.05, 3.63) is 0 Å². The quantitative estimate of drug-likeness (QED) is 0.632. The number of piperidine rings is 1. The second-order valence-electron chi connectivity index (χ2n) is 6.80. The molecule has 0 bridgehead atoms. The van der Waals surface area contributed by atoms with E-state index in [0.717, 1.165) is 6.54 Å². The summed E-state index contributed by atoms with van der Waals surface area (Å²) in [5, 5.41) is 16.0. The van der Waals surface area contributed by atoms with E-state index in [-0.39, 0.29) is 18.5 Å². The second-order valence-corrected chi connectivity index (χ2v) is 6.80. The maximum Gasteiger partial charge on any atom is 0.490 e. The van der Waals surface area contributed by atoms with Gasteiger partial charge in [-0.3, -0.25) is 9.69 Å². The zero-order valence-corrected chi connectivity index (χ0v) is 16.0. The number of nitriles is 1. The van der Waals surface area contributed by atoms with Crippen LogP contribution in [0.1, 0.15) is 12.8 Å². The number of rotatable bonds is 1. The Hall–Kier alpha value is -2.55. The van der Waals surface area contributed by atoms with Gasteiger partial charge in [0.05, 0.1) is 6.07 Å². The van der Waals surface area contributed by atoms with Crippen LogP contribution in [0.25, 0.3) is 0 Å². The average Bonchev–Trinajstić information content (AvgIpc) is 2.62. The third-order valence-electron chi connectivity index (χ3n) is 4.87. The van der Waals surface area contributed by atoms with Crippen LogP contribution < -0.4 is 0 Å². The molecule has 0 atom stereocenters. The highest BCUT2D eigenvalue weighted by atomic mass is 19.4. The van der Waals surface area contributed by atoms with Gasteiger partial charge < -0.3 is 19.8 Å². The van der Waals surface area contributed by atoms with Gasteiger partial charge in [0.2, 0.25) is 5.91 Å². The van der Waals surface area contributed by atoms with Crippen LogP contribution >= 0.6 is 0 Å². The molecule has 2 fully saturated rings. The summed E-state index contributed by atoms with van der Waals surface area (Å²) < 4.78 is 31.7. The number of hydrogen-bond donors (Lipinski definition) is 1. The zero-order valence-electron chi connectivity index (χ0n) is 16.0. The van der Waals surface area contributed by atoms with E-state index in [1.807, 2.05) is 7.05 Å². The second kappa shape index (κ2) is 9.09. The molecule has 0 aliphatic carbocycles. The van der Waals surface area contributed by atoms with Crippen LogP contribution in [0.15, 0.2) is 0 Å². The van der Waals surface area contributed by atoms with Gasteiger partial charge in [-0.25, -0.2) is 9.59 Å². The maximum absolute atomic E-state index is 12.7. The first-order valence-corrected chi connectivity index (χ1v) is 8.50.